The maximum absolute atomic E-state index is 12.0. The van der Waals surface area contributed by atoms with Crippen molar-refractivity contribution in [2.45, 2.75) is 52.5 Å². The minimum absolute atomic E-state index is 0.139. The molecule has 1 unspecified atom stereocenters. The largest absolute Gasteiger partial charge is 0.380 e. The minimum atomic E-state index is 0.139. The second kappa shape index (κ2) is 9.32. The molecular weight excluding hydrogens is 240 g/mol. The van der Waals surface area contributed by atoms with Crippen LogP contribution in [0.5, 0.6) is 0 Å². The van der Waals surface area contributed by atoms with Gasteiger partial charge in [0, 0.05) is 13.0 Å². The molecule has 1 atom stereocenters. The van der Waals surface area contributed by atoms with Crippen molar-refractivity contribution < 1.29 is 9.53 Å². The molecule has 0 aliphatic carbocycles. The van der Waals surface area contributed by atoms with Gasteiger partial charge in [0.2, 0.25) is 5.91 Å². The highest BCUT2D eigenvalue weighted by Gasteiger charge is 2.18. The number of amides is 1. The Bertz CT molecular complexity index is 251. The second-order valence-electron chi connectivity index (χ2n) is 5.81. The number of piperidine rings is 1. The molecule has 0 aromatic carbocycles. The average Bonchev–Trinajstić information content (AvgIpc) is 2.42. The molecule has 1 amide bonds. The normalized spacial score (nSPS) is 18.5. The van der Waals surface area contributed by atoms with E-state index in [4.69, 9.17) is 4.74 Å². The summed E-state index contributed by atoms with van der Waals surface area (Å²) in [5.74, 6) is 1.31. The van der Waals surface area contributed by atoms with E-state index < -0.39 is 0 Å². The van der Waals surface area contributed by atoms with Crippen molar-refractivity contribution in [3.63, 3.8) is 0 Å². The number of hydrogen-bond donors (Lipinski definition) is 2. The Balaban J connectivity index is 2.23. The molecule has 1 aliphatic rings. The van der Waals surface area contributed by atoms with Crippen LogP contribution in [0, 0.1) is 11.8 Å². The maximum Gasteiger partial charge on any atom is 0.220 e. The first-order valence-electron chi connectivity index (χ1n) is 7.71. The number of ether oxygens (including phenoxy) is 1. The third kappa shape index (κ3) is 6.92. The van der Waals surface area contributed by atoms with Gasteiger partial charge in [-0.05, 0) is 51.1 Å². The Morgan fingerprint density at radius 2 is 2.05 bits per heavy atom. The van der Waals surface area contributed by atoms with Crippen LogP contribution >= 0.6 is 0 Å². The number of carbonyl (C=O) groups excluding carboxylic acids is 1. The van der Waals surface area contributed by atoms with Gasteiger partial charge in [0.05, 0.1) is 12.6 Å². The van der Waals surface area contributed by atoms with E-state index in [0.717, 1.165) is 25.4 Å². The summed E-state index contributed by atoms with van der Waals surface area (Å²) in [5, 5.41) is 6.47. The molecule has 19 heavy (non-hydrogen) atoms. The lowest BCUT2D eigenvalue weighted by atomic mass is 9.93. The summed E-state index contributed by atoms with van der Waals surface area (Å²) in [6, 6.07) is 0.139. The van der Waals surface area contributed by atoms with Crippen LogP contribution in [0.15, 0.2) is 0 Å². The van der Waals surface area contributed by atoms with Gasteiger partial charge in [-0.15, -0.1) is 0 Å². The molecule has 1 aliphatic heterocycles. The van der Waals surface area contributed by atoms with Crippen LogP contribution in [0.25, 0.3) is 0 Å². The summed E-state index contributed by atoms with van der Waals surface area (Å²) >= 11 is 0. The first-order chi connectivity index (χ1) is 9.13. The van der Waals surface area contributed by atoms with Gasteiger partial charge in [0.25, 0.3) is 0 Å². The number of rotatable bonds is 8. The van der Waals surface area contributed by atoms with Crippen molar-refractivity contribution in [2.24, 2.45) is 11.8 Å². The van der Waals surface area contributed by atoms with Crippen LogP contribution in [0.2, 0.25) is 0 Å². The Labute approximate surface area is 117 Å². The quantitative estimate of drug-likeness (QED) is 0.709. The van der Waals surface area contributed by atoms with Gasteiger partial charge in [-0.25, -0.2) is 0 Å². The number of carbonyl (C=O) groups is 1. The third-order valence-corrected chi connectivity index (χ3v) is 3.89. The molecule has 0 aromatic rings. The van der Waals surface area contributed by atoms with E-state index in [-0.39, 0.29) is 11.9 Å². The van der Waals surface area contributed by atoms with Gasteiger partial charge in [-0.2, -0.15) is 0 Å². The molecule has 0 saturated carbocycles. The highest BCUT2D eigenvalue weighted by Crippen LogP contribution is 2.17. The minimum Gasteiger partial charge on any atom is -0.380 e. The Kier molecular flexibility index (Phi) is 8.07. The highest BCUT2D eigenvalue weighted by molar-refractivity contribution is 5.76. The average molecular weight is 270 g/mol. The zero-order chi connectivity index (χ0) is 14.1. The number of nitrogens with one attached hydrogen (secondary N) is 2. The fourth-order valence-corrected chi connectivity index (χ4v) is 2.43. The first kappa shape index (κ1) is 16.4. The summed E-state index contributed by atoms with van der Waals surface area (Å²) in [4.78, 5) is 12.0. The monoisotopic (exact) mass is 270 g/mol. The summed E-state index contributed by atoms with van der Waals surface area (Å²) in [7, 11) is 0. The van der Waals surface area contributed by atoms with Crippen molar-refractivity contribution in [1.29, 1.82) is 0 Å². The lowest BCUT2D eigenvalue weighted by Gasteiger charge is -2.24. The van der Waals surface area contributed by atoms with Crippen molar-refractivity contribution in [2.75, 3.05) is 26.3 Å². The molecule has 4 heteroatoms. The summed E-state index contributed by atoms with van der Waals surface area (Å²) in [6.07, 6.45) is 4.09. The van der Waals surface area contributed by atoms with E-state index in [9.17, 15) is 4.79 Å². The van der Waals surface area contributed by atoms with E-state index in [2.05, 4.69) is 24.5 Å². The Hall–Kier alpha value is -0.610. The van der Waals surface area contributed by atoms with Gasteiger partial charge in [0.15, 0.2) is 0 Å². The van der Waals surface area contributed by atoms with E-state index in [1.54, 1.807) is 0 Å². The molecule has 112 valence electrons. The van der Waals surface area contributed by atoms with E-state index in [1.165, 1.54) is 12.8 Å². The third-order valence-electron chi connectivity index (χ3n) is 3.89. The molecule has 0 spiro atoms. The van der Waals surface area contributed by atoms with Crippen LogP contribution in [-0.2, 0) is 9.53 Å². The Morgan fingerprint density at radius 1 is 1.37 bits per heavy atom. The molecule has 0 aromatic heterocycles. The predicted molar refractivity (Wildman–Crippen MR) is 78.1 cm³/mol. The SMILES string of the molecule is CCOCC(NC(=O)CCC1CCNCC1)C(C)C. The van der Waals surface area contributed by atoms with Crippen LogP contribution in [0.1, 0.15) is 46.5 Å². The summed E-state index contributed by atoms with van der Waals surface area (Å²) < 4.78 is 5.43. The fraction of sp³-hybridized carbons (Fsp3) is 0.933. The molecule has 0 radical (unpaired) electrons. The summed E-state index contributed by atoms with van der Waals surface area (Å²) in [6.45, 7) is 9.75. The van der Waals surface area contributed by atoms with E-state index in [1.807, 2.05) is 6.92 Å². The van der Waals surface area contributed by atoms with Gasteiger partial charge in [-0.3, -0.25) is 4.79 Å². The smallest absolute Gasteiger partial charge is 0.220 e. The summed E-state index contributed by atoms with van der Waals surface area (Å²) in [5.41, 5.74) is 0. The van der Waals surface area contributed by atoms with Crippen molar-refractivity contribution in [3.05, 3.63) is 0 Å². The lowest BCUT2D eigenvalue weighted by molar-refractivity contribution is -0.123. The van der Waals surface area contributed by atoms with Crippen molar-refractivity contribution in [1.82, 2.24) is 10.6 Å². The standard InChI is InChI=1S/C15H30N2O2/c1-4-19-11-14(12(2)3)17-15(18)6-5-13-7-9-16-10-8-13/h12-14,16H,4-11H2,1-3H3,(H,17,18). The first-order valence-corrected chi connectivity index (χ1v) is 7.71. The lowest BCUT2D eigenvalue weighted by Crippen LogP contribution is -2.42. The predicted octanol–water partition coefficient (Wildman–Crippen LogP) is 1.94. The molecule has 1 fully saturated rings. The molecule has 2 N–H and O–H groups in total. The molecule has 1 heterocycles. The zero-order valence-corrected chi connectivity index (χ0v) is 12.7. The topological polar surface area (TPSA) is 50.4 Å². The zero-order valence-electron chi connectivity index (χ0n) is 12.7. The van der Waals surface area contributed by atoms with E-state index in [0.29, 0.717) is 25.6 Å². The van der Waals surface area contributed by atoms with E-state index >= 15 is 0 Å². The van der Waals surface area contributed by atoms with Crippen LogP contribution in [0.3, 0.4) is 0 Å². The number of hydrogen-bond acceptors (Lipinski definition) is 3. The van der Waals surface area contributed by atoms with Crippen molar-refractivity contribution in [3.8, 4) is 0 Å². The molecule has 1 saturated heterocycles. The highest BCUT2D eigenvalue weighted by atomic mass is 16.5. The molecular formula is C15H30N2O2. The van der Waals surface area contributed by atoms with Gasteiger partial charge in [-0.1, -0.05) is 13.8 Å². The van der Waals surface area contributed by atoms with Crippen LogP contribution in [0.4, 0.5) is 0 Å². The molecule has 1 rings (SSSR count). The van der Waals surface area contributed by atoms with Gasteiger partial charge < -0.3 is 15.4 Å². The fourth-order valence-electron chi connectivity index (χ4n) is 2.43. The Morgan fingerprint density at radius 3 is 2.63 bits per heavy atom. The van der Waals surface area contributed by atoms with Gasteiger partial charge in [0.1, 0.15) is 0 Å². The van der Waals surface area contributed by atoms with Crippen molar-refractivity contribution >= 4 is 5.91 Å². The molecule has 0 bridgehead atoms. The second-order valence-corrected chi connectivity index (χ2v) is 5.81. The van der Waals surface area contributed by atoms with Gasteiger partial charge >= 0.3 is 0 Å². The van der Waals surface area contributed by atoms with Crippen LogP contribution in [-0.4, -0.2) is 38.3 Å². The molecule has 4 nitrogen and oxygen atoms in total. The maximum atomic E-state index is 12.0. The van der Waals surface area contributed by atoms with Crippen LogP contribution < -0.4 is 10.6 Å².